The number of hydrogen-bond acceptors (Lipinski definition) is 4. The van der Waals surface area contributed by atoms with Gasteiger partial charge in [0.25, 0.3) is 5.91 Å². The van der Waals surface area contributed by atoms with Crippen LogP contribution < -0.4 is 9.80 Å². The van der Waals surface area contributed by atoms with Gasteiger partial charge in [-0.3, -0.25) is 14.5 Å². The first-order valence-electron chi connectivity index (χ1n) is 10.6. The number of amides is 1. The van der Waals surface area contributed by atoms with Crippen molar-refractivity contribution in [2.24, 2.45) is 5.41 Å². The number of carbonyl (C=O) groups excluding carboxylic acids is 2. The Kier molecular flexibility index (Phi) is 6.39. The van der Waals surface area contributed by atoms with Gasteiger partial charge in [-0.05, 0) is 43.7 Å². The molecule has 2 aromatic rings. The molecular formula is C25H28F2N2O3. The monoisotopic (exact) mass is 442 g/mol. The van der Waals surface area contributed by atoms with Crippen molar-refractivity contribution >= 4 is 23.1 Å². The van der Waals surface area contributed by atoms with Crippen LogP contribution in [-0.2, 0) is 9.59 Å². The molecule has 0 saturated heterocycles. The smallest absolute Gasteiger partial charge is 0.294 e. The van der Waals surface area contributed by atoms with E-state index in [9.17, 15) is 23.5 Å². The first-order valence-corrected chi connectivity index (χ1v) is 10.6. The van der Waals surface area contributed by atoms with E-state index in [1.165, 1.54) is 0 Å². The van der Waals surface area contributed by atoms with E-state index >= 15 is 0 Å². The van der Waals surface area contributed by atoms with Crippen LogP contribution in [0.4, 0.5) is 20.2 Å². The number of aliphatic hydroxyl groups excluding tert-OH is 1. The first-order chi connectivity index (χ1) is 15.0. The van der Waals surface area contributed by atoms with Crippen molar-refractivity contribution in [3.8, 4) is 0 Å². The Morgan fingerprint density at radius 3 is 2.16 bits per heavy atom. The third-order valence-electron chi connectivity index (χ3n) is 5.64. The first kappa shape index (κ1) is 23.4. The standard InChI is InChI=1S/C25H28F2N2O3/c1-6-28(7-2)17-11-8-15(9-12-17)21-20(23(31)25(3,4)5)22(30)24(32)29(21)19-13-10-16(26)14-18(19)27/h8-14,21,30H,6-7H2,1-5H3. The van der Waals surface area contributed by atoms with Crippen molar-refractivity contribution in [2.75, 3.05) is 22.9 Å². The number of halogens is 2. The predicted molar refractivity (Wildman–Crippen MR) is 121 cm³/mol. The second-order valence-corrected chi connectivity index (χ2v) is 8.78. The molecule has 7 heteroatoms. The van der Waals surface area contributed by atoms with Crippen molar-refractivity contribution in [2.45, 2.75) is 40.7 Å². The second kappa shape index (κ2) is 8.73. The van der Waals surface area contributed by atoms with Gasteiger partial charge in [-0.15, -0.1) is 0 Å². The molecule has 1 N–H and O–H groups in total. The summed E-state index contributed by atoms with van der Waals surface area (Å²) < 4.78 is 28.2. The van der Waals surface area contributed by atoms with Gasteiger partial charge in [0.2, 0.25) is 0 Å². The van der Waals surface area contributed by atoms with Gasteiger partial charge in [-0.25, -0.2) is 8.78 Å². The number of anilines is 2. The molecule has 1 amide bonds. The Morgan fingerprint density at radius 2 is 1.66 bits per heavy atom. The molecule has 3 rings (SSSR count). The topological polar surface area (TPSA) is 60.9 Å². The molecule has 0 spiro atoms. The highest BCUT2D eigenvalue weighted by Crippen LogP contribution is 2.44. The Bertz CT molecular complexity index is 1070. The molecule has 0 radical (unpaired) electrons. The molecule has 1 unspecified atom stereocenters. The van der Waals surface area contributed by atoms with Crippen molar-refractivity contribution in [3.05, 3.63) is 71.0 Å². The zero-order chi connectivity index (χ0) is 23.8. The minimum Gasteiger partial charge on any atom is -0.503 e. The molecule has 1 aliphatic heterocycles. The highest BCUT2D eigenvalue weighted by atomic mass is 19.1. The molecule has 1 aliphatic rings. The summed E-state index contributed by atoms with van der Waals surface area (Å²) in [6.07, 6.45) is 0. The molecule has 1 atom stereocenters. The van der Waals surface area contributed by atoms with Gasteiger partial charge in [0.1, 0.15) is 11.6 Å². The van der Waals surface area contributed by atoms with Gasteiger partial charge in [0, 0.05) is 30.3 Å². The largest absolute Gasteiger partial charge is 0.503 e. The lowest BCUT2D eigenvalue weighted by atomic mass is 9.82. The van der Waals surface area contributed by atoms with E-state index in [1.807, 2.05) is 26.0 Å². The molecule has 0 saturated carbocycles. The maximum absolute atomic E-state index is 14.7. The average Bonchev–Trinajstić information content (AvgIpc) is 2.99. The van der Waals surface area contributed by atoms with E-state index in [-0.39, 0.29) is 11.3 Å². The van der Waals surface area contributed by atoms with E-state index < -0.39 is 40.5 Å². The molecule has 0 fully saturated rings. The van der Waals surface area contributed by atoms with Crippen LogP contribution in [0.1, 0.15) is 46.2 Å². The predicted octanol–water partition coefficient (Wildman–Crippen LogP) is 5.33. The normalized spacial score (nSPS) is 16.7. The number of aliphatic hydroxyl groups is 1. The van der Waals surface area contributed by atoms with Crippen LogP contribution >= 0.6 is 0 Å². The number of carbonyl (C=O) groups is 2. The summed E-state index contributed by atoms with van der Waals surface area (Å²) in [5.74, 6) is -3.79. The maximum Gasteiger partial charge on any atom is 0.294 e. The molecule has 170 valence electrons. The lowest BCUT2D eigenvalue weighted by Crippen LogP contribution is -2.33. The number of benzene rings is 2. The maximum atomic E-state index is 14.7. The quantitative estimate of drug-likeness (QED) is 0.657. The highest BCUT2D eigenvalue weighted by molar-refractivity contribution is 6.17. The number of nitrogens with zero attached hydrogens (tertiary/aromatic N) is 2. The molecule has 0 aromatic heterocycles. The van der Waals surface area contributed by atoms with Crippen LogP contribution in [0.5, 0.6) is 0 Å². The van der Waals surface area contributed by atoms with Crippen LogP contribution in [-0.4, -0.2) is 29.9 Å². The lowest BCUT2D eigenvalue weighted by molar-refractivity contribution is -0.123. The average molecular weight is 443 g/mol. The number of hydrogen-bond donors (Lipinski definition) is 1. The molecule has 2 aromatic carbocycles. The summed E-state index contributed by atoms with van der Waals surface area (Å²) in [7, 11) is 0. The lowest BCUT2D eigenvalue weighted by Gasteiger charge is -2.29. The summed E-state index contributed by atoms with van der Waals surface area (Å²) in [4.78, 5) is 29.4. The van der Waals surface area contributed by atoms with Crippen LogP contribution in [0.3, 0.4) is 0 Å². The summed E-state index contributed by atoms with van der Waals surface area (Å²) in [6, 6.07) is 9.04. The van der Waals surface area contributed by atoms with E-state index in [1.54, 1.807) is 32.9 Å². The van der Waals surface area contributed by atoms with Gasteiger partial charge in [0.15, 0.2) is 11.5 Å². The summed E-state index contributed by atoms with van der Waals surface area (Å²) in [5.41, 5.74) is 0.300. The number of rotatable bonds is 6. The van der Waals surface area contributed by atoms with Gasteiger partial charge < -0.3 is 10.0 Å². The molecule has 5 nitrogen and oxygen atoms in total. The van der Waals surface area contributed by atoms with E-state index in [0.717, 1.165) is 35.8 Å². The summed E-state index contributed by atoms with van der Waals surface area (Å²) in [5, 5.41) is 10.7. The van der Waals surface area contributed by atoms with Crippen molar-refractivity contribution in [3.63, 3.8) is 0 Å². The fraction of sp³-hybridized carbons (Fsp3) is 0.360. The van der Waals surface area contributed by atoms with Gasteiger partial charge in [0.05, 0.1) is 17.3 Å². The fourth-order valence-electron chi connectivity index (χ4n) is 3.94. The molecule has 0 aliphatic carbocycles. The van der Waals surface area contributed by atoms with Crippen LogP contribution in [0, 0.1) is 17.0 Å². The van der Waals surface area contributed by atoms with Gasteiger partial charge in [-0.1, -0.05) is 32.9 Å². The SMILES string of the molecule is CCN(CC)c1ccc(C2C(C(=O)C(C)(C)C)=C(O)C(=O)N2c2ccc(F)cc2F)cc1. The molecule has 1 heterocycles. The Morgan fingerprint density at radius 1 is 1.06 bits per heavy atom. The van der Waals surface area contributed by atoms with Crippen LogP contribution in [0.15, 0.2) is 53.8 Å². The Labute approximate surface area is 187 Å². The Balaban J connectivity index is 2.18. The summed E-state index contributed by atoms with van der Waals surface area (Å²) in [6.45, 7) is 10.7. The number of ketones is 1. The van der Waals surface area contributed by atoms with Crippen LogP contribution in [0.25, 0.3) is 0 Å². The highest BCUT2D eigenvalue weighted by Gasteiger charge is 2.47. The Hall–Kier alpha value is -3.22. The van der Waals surface area contributed by atoms with Crippen molar-refractivity contribution < 1.29 is 23.5 Å². The van der Waals surface area contributed by atoms with E-state index in [0.29, 0.717) is 11.6 Å². The zero-order valence-corrected chi connectivity index (χ0v) is 18.9. The summed E-state index contributed by atoms with van der Waals surface area (Å²) >= 11 is 0. The third kappa shape index (κ3) is 4.11. The number of Topliss-reactive ketones (excluding diaryl/α,β-unsaturated/α-hetero) is 1. The minimum atomic E-state index is -1.04. The van der Waals surface area contributed by atoms with Gasteiger partial charge in [-0.2, -0.15) is 0 Å². The van der Waals surface area contributed by atoms with E-state index in [4.69, 9.17) is 0 Å². The van der Waals surface area contributed by atoms with Crippen molar-refractivity contribution in [1.82, 2.24) is 0 Å². The second-order valence-electron chi connectivity index (χ2n) is 8.78. The molecule has 32 heavy (non-hydrogen) atoms. The molecule has 0 bridgehead atoms. The van der Waals surface area contributed by atoms with Crippen molar-refractivity contribution in [1.29, 1.82) is 0 Å². The van der Waals surface area contributed by atoms with Gasteiger partial charge >= 0.3 is 0 Å². The molecular weight excluding hydrogens is 414 g/mol. The van der Waals surface area contributed by atoms with Crippen LogP contribution in [0.2, 0.25) is 0 Å². The zero-order valence-electron chi connectivity index (χ0n) is 18.9. The minimum absolute atomic E-state index is 0.0955. The third-order valence-corrected chi connectivity index (χ3v) is 5.64. The van der Waals surface area contributed by atoms with E-state index in [2.05, 4.69) is 4.90 Å². The fourth-order valence-corrected chi connectivity index (χ4v) is 3.94.